The van der Waals surface area contributed by atoms with Gasteiger partial charge >= 0.3 is 0 Å². The van der Waals surface area contributed by atoms with Gasteiger partial charge in [-0.3, -0.25) is 9.59 Å². The molecule has 0 aliphatic carbocycles. The molecule has 4 nitrogen and oxygen atoms in total. The lowest BCUT2D eigenvalue weighted by atomic mass is 10.0. The fourth-order valence-electron chi connectivity index (χ4n) is 2.22. The summed E-state index contributed by atoms with van der Waals surface area (Å²) in [5, 5.41) is 2.89. The number of carbonyl (C=O) groups is 2. The average molecular weight is 290 g/mol. The number of likely N-dealkylation sites (N-methyl/N-ethyl adjacent to an activating group) is 1. The Morgan fingerprint density at radius 1 is 1.10 bits per heavy atom. The van der Waals surface area contributed by atoms with Gasteiger partial charge in [-0.1, -0.05) is 43.7 Å². The Kier molecular flexibility index (Phi) is 7.51. The molecule has 0 aliphatic rings. The molecule has 0 saturated heterocycles. The zero-order valence-corrected chi connectivity index (χ0v) is 13.3. The van der Waals surface area contributed by atoms with Crippen LogP contribution < -0.4 is 5.32 Å². The molecular formula is C17H26N2O2. The Balaban J connectivity index is 2.90. The number of benzene rings is 1. The van der Waals surface area contributed by atoms with Crippen molar-refractivity contribution < 1.29 is 9.59 Å². The highest BCUT2D eigenvalue weighted by Crippen LogP contribution is 2.16. The van der Waals surface area contributed by atoms with E-state index in [-0.39, 0.29) is 11.8 Å². The monoisotopic (exact) mass is 290 g/mol. The molecule has 1 atom stereocenters. The van der Waals surface area contributed by atoms with Gasteiger partial charge in [0.05, 0.1) is 0 Å². The Bertz CT molecular complexity index is 441. The first kappa shape index (κ1) is 17.2. The summed E-state index contributed by atoms with van der Waals surface area (Å²) in [6.07, 6.45) is 2.27. The SMILES string of the molecule is CCCCC(=O)N[C@H](C(=O)N(CC)CC)c1ccccc1. The van der Waals surface area contributed by atoms with Crippen molar-refractivity contribution in [2.24, 2.45) is 0 Å². The van der Waals surface area contributed by atoms with E-state index in [1.54, 1.807) is 4.90 Å². The lowest BCUT2D eigenvalue weighted by molar-refractivity contribution is -0.136. The second-order valence-electron chi connectivity index (χ2n) is 5.03. The smallest absolute Gasteiger partial charge is 0.249 e. The van der Waals surface area contributed by atoms with Crippen molar-refractivity contribution in [1.82, 2.24) is 10.2 Å². The zero-order chi connectivity index (χ0) is 15.7. The van der Waals surface area contributed by atoms with E-state index >= 15 is 0 Å². The van der Waals surface area contributed by atoms with Gasteiger partial charge in [0.25, 0.3) is 0 Å². The number of unbranched alkanes of at least 4 members (excludes halogenated alkanes) is 1. The van der Waals surface area contributed by atoms with Gasteiger partial charge in [-0.05, 0) is 25.8 Å². The minimum Gasteiger partial charge on any atom is -0.341 e. The van der Waals surface area contributed by atoms with Crippen LogP contribution in [-0.2, 0) is 9.59 Å². The third-order valence-corrected chi connectivity index (χ3v) is 3.52. The zero-order valence-electron chi connectivity index (χ0n) is 13.3. The molecule has 21 heavy (non-hydrogen) atoms. The summed E-state index contributed by atoms with van der Waals surface area (Å²) in [6.45, 7) is 7.22. The van der Waals surface area contributed by atoms with E-state index in [0.29, 0.717) is 19.5 Å². The van der Waals surface area contributed by atoms with Gasteiger partial charge < -0.3 is 10.2 Å². The topological polar surface area (TPSA) is 49.4 Å². The number of nitrogens with zero attached hydrogens (tertiary/aromatic N) is 1. The molecule has 0 fully saturated rings. The van der Waals surface area contributed by atoms with Gasteiger partial charge in [0.1, 0.15) is 6.04 Å². The molecule has 1 N–H and O–H groups in total. The van der Waals surface area contributed by atoms with Crippen LogP contribution in [0.4, 0.5) is 0 Å². The van der Waals surface area contributed by atoms with E-state index in [1.807, 2.05) is 51.1 Å². The highest BCUT2D eigenvalue weighted by atomic mass is 16.2. The molecule has 0 bridgehead atoms. The van der Waals surface area contributed by atoms with Crippen molar-refractivity contribution in [2.75, 3.05) is 13.1 Å². The number of amides is 2. The van der Waals surface area contributed by atoms with Gasteiger partial charge in [0.2, 0.25) is 11.8 Å². The van der Waals surface area contributed by atoms with Crippen LogP contribution in [-0.4, -0.2) is 29.8 Å². The van der Waals surface area contributed by atoms with Crippen molar-refractivity contribution in [3.05, 3.63) is 35.9 Å². The van der Waals surface area contributed by atoms with Crippen molar-refractivity contribution in [3.63, 3.8) is 0 Å². The van der Waals surface area contributed by atoms with E-state index in [2.05, 4.69) is 5.32 Å². The third-order valence-electron chi connectivity index (χ3n) is 3.52. The van der Waals surface area contributed by atoms with Crippen LogP contribution in [0.25, 0.3) is 0 Å². The maximum atomic E-state index is 12.6. The van der Waals surface area contributed by atoms with Gasteiger partial charge in [-0.15, -0.1) is 0 Å². The molecule has 0 aromatic heterocycles. The summed E-state index contributed by atoms with van der Waals surface area (Å²) in [5.41, 5.74) is 0.833. The number of hydrogen-bond acceptors (Lipinski definition) is 2. The average Bonchev–Trinajstić information content (AvgIpc) is 2.52. The number of hydrogen-bond donors (Lipinski definition) is 1. The summed E-state index contributed by atoms with van der Waals surface area (Å²) in [6, 6.07) is 8.85. The molecule has 0 radical (unpaired) electrons. The Morgan fingerprint density at radius 2 is 1.71 bits per heavy atom. The van der Waals surface area contributed by atoms with Crippen molar-refractivity contribution in [1.29, 1.82) is 0 Å². The molecule has 0 unspecified atom stereocenters. The third kappa shape index (κ3) is 5.21. The van der Waals surface area contributed by atoms with Gasteiger partial charge in [0, 0.05) is 19.5 Å². The van der Waals surface area contributed by atoms with E-state index in [0.717, 1.165) is 18.4 Å². The summed E-state index contributed by atoms with van der Waals surface area (Å²) in [4.78, 5) is 26.4. The van der Waals surface area contributed by atoms with E-state index in [4.69, 9.17) is 0 Å². The van der Waals surface area contributed by atoms with Gasteiger partial charge in [-0.2, -0.15) is 0 Å². The summed E-state index contributed by atoms with van der Waals surface area (Å²) in [5.74, 6) is -0.109. The number of carbonyl (C=O) groups excluding carboxylic acids is 2. The Morgan fingerprint density at radius 3 is 2.24 bits per heavy atom. The molecule has 116 valence electrons. The first-order chi connectivity index (χ1) is 10.1. The van der Waals surface area contributed by atoms with Crippen LogP contribution in [0, 0.1) is 0 Å². The second-order valence-corrected chi connectivity index (χ2v) is 5.03. The van der Waals surface area contributed by atoms with Crippen molar-refractivity contribution in [3.8, 4) is 0 Å². The summed E-state index contributed by atoms with van der Waals surface area (Å²) < 4.78 is 0. The fourth-order valence-corrected chi connectivity index (χ4v) is 2.22. The van der Waals surface area contributed by atoms with Gasteiger partial charge in [-0.25, -0.2) is 0 Å². The predicted molar refractivity (Wildman–Crippen MR) is 84.8 cm³/mol. The molecule has 0 saturated carbocycles. The quantitative estimate of drug-likeness (QED) is 0.800. The molecule has 0 heterocycles. The van der Waals surface area contributed by atoms with Crippen LogP contribution in [0.5, 0.6) is 0 Å². The predicted octanol–water partition coefficient (Wildman–Crippen LogP) is 2.90. The number of rotatable bonds is 8. The number of nitrogens with one attached hydrogen (secondary N) is 1. The lowest BCUT2D eigenvalue weighted by Gasteiger charge is -2.26. The first-order valence-electron chi connectivity index (χ1n) is 7.77. The van der Waals surface area contributed by atoms with Gasteiger partial charge in [0.15, 0.2) is 0 Å². The fraction of sp³-hybridized carbons (Fsp3) is 0.529. The van der Waals surface area contributed by atoms with Crippen LogP contribution in [0.1, 0.15) is 51.6 Å². The minimum atomic E-state index is -0.588. The van der Waals surface area contributed by atoms with E-state index < -0.39 is 6.04 Å². The standard InChI is InChI=1S/C17H26N2O2/c1-4-7-13-15(20)18-16(14-11-9-8-10-12-14)17(21)19(5-2)6-3/h8-12,16H,4-7,13H2,1-3H3,(H,18,20)/t16-/m0/s1. The molecule has 1 rings (SSSR count). The van der Waals surface area contributed by atoms with Crippen LogP contribution in [0.3, 0.4) is 0 Å². The Labute approximate surface area is 127 Å². The molecule has 1 aromatic carbocycles. The molecule has 1 aromatic rings. The van der Waals surface area contributed by atoms with E-state index in [1.165, 1.54) is 0 Å². The normalized spacial score (nSPS) is 11.8. The Hall–Kier alpha value is -1.84. The maximum Gasteiger partial charge on any atom is 0.249 e. The van der Waals surface area contributed by atoms with E-state index in [9.17, 15) is 9.59 Å². The van der Waals surface area contributed by atoms with Crippen LogP contribution in [0.15, 0.2) is 30.3 Å². The minimum absolute atomic E-state index is 0.0453. The maximum absolute atomic E-state index is 12.6. The van der Waals surface area contributed by atoms with Crippen molar-refractivity contribution in [2.45, 2.75) is 46.1 Å². The first-order valence-corrected chi connectivity index (χ1v) is 7.77. The molecule has 0 aliphatic heterocycles. The summed E-state index contributed by atoms with van der Waals surface area (Å²) >= 11 is 0. The molecule has 0 spiro atoms. The van der Waals surface area contributed by atoms with Crippen LogP contribution in [0.2, 0.25) is 0 Å². The van der Waals surface area contributed by atoms with Crippen molar-refractivity contribution >= 4 is 11.8 Å². The lowest BCUT2D eigenvalue weighted by Crippen LogP contribution is -2.42. The highest BCUT2D eigenvalue weighted by Gasteiger charge is 2.25. The second kappa shape index (κ2) is 9.16. The highest BCUT2D eigenvalue weighted by molar-refractivity contribution is 5.88. The molecule has 4 heteroatoms. The molecule has 2 amide bonds. The largest absolute Gasteiger partial charge is 0.341 e. The summed E-state index contributed by atoms with van der Waals surface area (Å²) in [7, 11) is 0. The van der Waals surface area contributed by atoms with Crippen LogP contribution >= 0.6 is 0 Å². The molecular weight excluding hydrogens is 264 g/mol.